The molecule has 0 fully saturated rings. The Morgan fingerprint density at radius 2 is 1.92 bits per heavy atom. The van der Waals surface area contributed by atoms with Gasteiger partial charge in [0.15, 0.2) is 6.10 Å². The van der Waals surface area contributed by atoms with E-state index >= 15 is 0 Å². The largest absolute Gasteiger partial charge is 0.478 e. The van der Waals surface area contributed by atoms with Crippen LogP contribution in [0, 0.1) is 21.8 Å². The number of hydrogen-bond acceptors (Lipinski definition) is 4. The zero-order valence-corrected chi connectivity index (χ0v) is 13.8. The fraction of sp³-hybridized carbons (Fsp3) is 0.278. The van der Waals surface area contributed by atoms with Crippen molar-refractivity contribution in [1.29, 1.82) is 0 Å². The third-order valence-electron chi connectivity index (χ3n) is 4.07. The van der Waals surface area contributed by atoms with E-state index in [-0.39, 0.29) is 29.9 Å². The smallest absolute Gasteiger partial charge is 0.271 e. The summed E-state index contributed by atoms with van der Waals surface area (Å²) < 4.78 is 18.9. The minimum atomic E-state index is -0.672. The Labute approximate surface area is 144 Å². The minimum absolute atomic E-state index is 0.0634. The Hall–Kier alpha value is -2.96. The van der Waals surface area contributed by atoms with Crippen LogP contribution in [0.15, 0.2) is 42.5 Å². The van der Waals surface area contributed by atoms with Gasteiger partial charge >= 0.3 is 0 Å². The first-order valence-corrected chi connectivity index (χ1v) is 7.87. The fourth-order valence-corrected chi connectivity index (χ4v) is 2.75. The first-order chi connectivity index (χ1) is 11.9. The molecule has 1 unspecified atom stereocenters. The molecule has 1 aliphatic rings. The van der Waals surface area contributed by atoms with Crippen LogP contribution in [0.5, 0.6) is 5.75 Å². The Morgan fingerprint density at radius 3 is 2.52 bits per heavy atom. The standard InChI is InChI=1S/C18H17FN2O4/c1-11(2)17-18(22)20(10-12-3-5-13(19)6-4-12)15-9-14(21(23)24)7-8-16(15)25-17/h3-9,11,17H,10H2,1-2H3. The number of carbonyl (C=O) groups excluding carboxylic acids is 1. The molecule has 3 rings (SSSR count). The van der Waals surface area contributed by atoms with Crippen molar-refractivity contribution in [1.82, 2.24) is 0 Å². The molecule has 1 atom stereocenters. The summed E-state index contributed by atoms with van der Waals surface area (Å²) in [5, 5.41) is 11.1. The van der Waals surface area contributed by atoms with E-state index in [0.29, 0.717) is 11.4 Å². The summed E-state index contributed by atoms with van der Waals surface area (Å²) in [5.41, 5.74) is 0.944. The summed E-state index contributed by atoms with van der Waals surface area (Å²) in [6, 6.07) is 9.98. The maximum absolute atomic E-state index is 13.1. The quantitative estimate of drug-likeness (QED) is 0.626. The number of nitro groups is 1. The molecule has 1 aliphatic heterocycles. The van der Waals surface area contributed by atoms with Crippen LogP contribution < -0.4 is 9.64 Å². The lowest BCUT2D eigenvalue weighted by molar-refractivity contribution is -0.384. The highest BCUT2D eigenvalue weighted by molar-refractivity contribution is 6.00. The molecular weight excluding hydrogens is 327 g/mol. The summed E-state index contributed by atoms with van der Waals surface area (Å²) in [5.74, 6) is -0.280. The van der Waals surface area contributed by atoms with Gasteiger partial charge in [0.05, 0.1) is 17.2 Å². The molecule has 0 N–H and O–H groups in total. The molecule has 7 heteroatoms. The second-order valence-corrected chi connectivity index (χ2v) is 6.24. The average molecular weight is 344 g/mol. The summed E-state index contributed by atoms with van der Waals surface area (Å²) in [6.45, 7) is 3.92. The van der Waals surface area contributed by atoms with Crippen molar-refractivity contribution >= 4 is 17.3 Å². The number of nitro benzene ring substituents is 1. The Balaban J connectivity index is 2.04. The number of nitrogens with zero attached hydrogens (tertiary/aromatic N) is 2. The van der Waals surface area contributed by atoms with Crippen LogP contribution >= 0.6 is 0 Å². The minimum Gasteiger partial charge on any atom is -0.478 e. The van der Waals surface area contributed by atoms with Gasteiger partial charge in [0, 0.05) is 12.1 Å². The Kier molecular flexibility index (Phi) is 4.39. The maximum atomic E-state index is 13.1. The first kappa shape index (κ1) is 16.9. The number of fused-ring (bicyclic) bond motifs is 1. The van der Waals surface area contributed by atoms with Crippen molar-refractivity contribution in [2.45, 2.75) is 26.5 Å². The van der Waals surface area contributed by atoms with E-state index in [0.717, 1.165) is 5.56 Å². The van der Waals surface area contributed by atoms with Crippen molar-refractivity contribution in [3.63, 3.8) is 0 Å². The molecule has 0 bridgehead atoms. The highest BCUT2D eigenvalue weighted by Crippen LogP contribution is 2.39. The predicted molar refractivity (Wildman–Crippen MR) is 89.9 cm³/mol. The topological polar surface area (TPSA) is 72.7 Å². The van der Waals surface area contributed by atoms with E-state index in [4.69, 9.17) is 4.74 Å². The molecule has 1 amide bonds. The average Bonchev–Trinajstić information content (AvgIpc) is 2.58. The zero-order valence-electron chi connectivity index (χ0n) is 13.8. The van der Waals surface area contributed by atoms with Crippen molar-refractivity contribution < 1.29 is 18.8 Å². The Morgan fingerprint density at radius 1 is 1.24 bits per heavy atom. The van der Waals surface area contributed by atoms with Gasteiger partial charge in [0.25, 0.3) is 11.6 Å². The van der Waals surface area contributed by atoms with Crippen LogP contribution in [0.25, 0.3) is 0 Å². The van der Waals surface area contributed by atoms with E-state index < -0.39 is 11.0 Å². The number of amides is 1. The molecule has 0 aliphatic carbocycles. The number of anilines is 1. The van der Waals surface area contributed by atoms with Gasteiger partial charge in [0.2, 0.25) is 0 Å². The second kappa shape index (κ2) is 6.51. The SMILES string of the molecule is CC(C)C1Oc2ccc([N+](=O)[O-])cc2N(Cc2ccc(F)cc2)C1=O. The summed E-state index contributed by atoms with van der Waals surface area (Å²) in [7, 11) is 0. The lowest BCUT2D eigenvalue weighted by Gasteiger charge is -2.35. The molecule has 0 spiro atoms. The lowest BCUT2D eigenvalue weighted by Crippen LogP contribution is -2.48. The van der Waals surface area contributed by atoms with Crippen LogP contribution in [0.3, 0.4) is 0 Å². The van der Waals surface area contributed by atoms with Gasteiger partial charge in [-0.05, 0) is 29.7 Å². The monoisotopic (exact) mass is 344 g/mol. The molecule has 130 valence electrons. The molecule has 25 heavy (non-hydrogen) atoms. The van der Waals surface area contributed by atoms with Crippen molar-refractivity contribution in [2.24, 2.45) is 5.92 Å². The van der Waals surface area contributed by atoms with Gasteiger partial charge in [-0.25, -0.2) is 4.39 Å². The van der Waals surface area contributed by atoms with E-state index in [1.54, 1.807) is 12.1 Å². The summed E-state index contributed by atoms with van der Waals surface area (Å²) >= 11 is 0. The third kappa shape index (κ3) is 3.31. The first-order valence-electron chi connectivity index (χ1n) is 7.87. The second-order valence-electron chi connectivity index (χ2n) is 6.24. The van der Waals surface area contributed by atoms with Crippen LogP contribution in [-0.2, 0) is 11.3 Å². The molecule has 2 aromatic rings. The molecule has 2 aromatic carbocycles. The summed E-state index contributed by atoms with van der Waals surface area (Å²) in [4.78, 5) is 24.8. The lowest BCUT2D eigenvalue weighted by atomic mass is 10.0. The maximum Gasteiger partial charge on any atom is 0.271 e. The van der Waals surface area contributed by atoms with E-state index in [1.807, 2.05) is 13.8 Å². The van der Waals surface area contributed by atoms with Gasteiger partial charge in [-0.3, -0.25) is 14.9 Å². The van der Waals surface area contributed by atoms with Crippen LogP contribution in [0.4, 0.5) is 15.8 Å². The number of benzene rings is 2. The third-order valence-corrected chi connectivity index (χ3v) is 4.07. The Bertz CT molecular complexity index is 820. The van der Waals surface area contributed by atoms with Crippen molar-refractivity contribution in [3.8, 4) is 5.75 Å². The van der Waals surface area contributed by atoms with Crippen molar-refractivity contribution in [2.75, 3.05) is 4.90 Å². The van der Waals surface area contributed by atoms with Gasteiger partial charge in [-0.2, -0.15) is 0 Å². The molecule has 0 saturated carbocycles. The van der Waals surface area contributed by atoms with E-state index in [1.165, 1.54) is 35.2 Å². The number of rotatable bonds is 4. The molecule has 1 heterocycles. The normalized spacial score (nSPS) is 16.6. The highest BCUT2D eigenvalue weighted by atomic mass is 19.1. The van der Waals surface area contributed by atoms with Crippen LogP contribution in [-0.4, -0.2) is 16.9 Å². The number of ether oxygens (including phenoxy) is 1. The van der Waals surface area contributed by atoms with Gasteiger partial charge in [-0.15, -0.1) is 0 Å². The molecular formula is C18H17FN2O4. The number of halogens is 1. The number of hydrogen-bond donors (Lipinski definition) is 0. The van der Waals surface area contributed by atoms with Crippen LogP contribution in [0.2, 0.25) is 0 Å². The zero-order chi connectivity index (χ0) is 18.1. The predicted octanol–water partition coefficient (Wildman–Crippen LogP) is 3.68. The number of non-ortho nitro benzene ring substituents is 1. The summed E-state index contributed by atoms with van der Waals surface area (Å²) in [6.07, 6.45) is -0.672. The number of carbonyl (C=O) groups is 1. The molecule has 0 saturated heterocycles. The van der Waals surface area contributed by atoms with Gasteiger partial charge < -0.3 is 9.64 Å². The van der Waals surface area contributed by atoms with Crippen LogP contribution in [0.1, 0.15) is 19.4 Å². The molecule has 0 radical (unpaired) electrons. The molecule has 6 nitrogen and oxygen atoms in total. The molecule has 0 aromatic heterocycles. The highest BCUT2D eigenvalue weighted by Gasteiger charge is 2.37. The van der Waals surface area contributed by atoms with Crippen molar-refractivity contribution in [3.05, 3.63) is 64.0 Å². The fourth-order valence-electron chi connectivity index (χ4n) is 2.75. The van der Waals surface area contributed by atoms with E-state index in [9.17, 15) is 19.3 Å². The van der Waals surface area contributed by atoms with E-state index in [2.05, 4.69) is 0 Å². The van der Waals surface area contributed by atoms with Gasteiger partial charge in [0.1, 0.15) is 11.6 Å². The van der Waals surface area contributed by atoms with Gasteiger partial charge in [-0.1, -0.05) is 26.0 Å².